The number of ether oxygens (including phenoxy) is 1. The monoisotopic (exact) mass is 491 g/mol. The van der Waals surface area contributed by atoms with Gasteiger partial charge in [-0.2, -0.15) is 0 Å². The van der Waals surface area contributed by atoms with Crippen LogP contribution in [-0.4, -0.2) is 40.3 Å². The third kappa shape index (κ3) is 6.10. The maximum atomic E-state index is 13.1. The van der Waals surface area contributed by atoms with E-state index >= 15 is 0 Å². The number of pyridine rings is 1. The Morgan fingerprint density at radius 2 is 1.97 bits per heavy atom. The minimum absolute atomic E-state index is 0.274. The van der Waals surface area contributed by atoms with Gasteiger partial charge in [-0.05, 0) is 62.1 Å². The van der Waals surface area contributed by atoms with E-state index in [1.807, 2.05) is 30.3 Å². The Morgan fingerprint density at radius 3 is 2.80 bits per heavy atom. The minimum atomic E-state index is 0.274. The molecule has 1 aliphatic heterocycles. The van der Waals surface area contributed by atoms with Crippen LogP contribution in [0.15, 0.2) is 36.5 Å². The van der Waals surface area contributed by atoms with Gasteiger partial charge in [0.25, 0.3) is 5.19 Å². The molecule has 3 heterocycles. The average molecular weight is 492 g/mol. The predicted molar refractivity (Wildman–Crippen MR) is 142 cm³/mol. The van der Waals surface area contributed by atoms with Crippen LogP contribution in [0.3, 0.4) is 0 Å². The van der Waals surface area contributed by atoms with E-state index in [9.17, 15) is 4.79 Å². The first-order chi connectivity index (χ1) is 17.0. The van der Waals surface area contributed by atoms with Gasteiger partial charge in [-0.25, -0.2) is 4.98 Å². The lowest BCUT2D eigenvalue weighted by Gasteiger charge is -2.31. The molecule has 186 valence electrons. The van der Waals surface area contributed by atoms with Crippen molar-refractivity contribution in [3.63, 3.8) is 0 Å². The summed E-state index contributed by atoms with van der Waals surface area (Å²) >= 11 is 1.74. The fourth-order valence-corrected chi connectivity index (χ4v) is 6.44. The first-order valence-electron chi connectivity index (χ1n) is 13.3. The van der Waals surface area contributed by atoms with Crippen molar-refractivity contribution in [3.05, 3.63) is 52.7 Å². The second-order valence-electron chi connectivity index (χ2n) is 10.8. The van der Waals surface area contributed by atoms with Crippen LogP contribution in [0.1, 0.15) is 73.3 Å². The van der Waals surface area contributed by atoms with E-state index in [1.165, 1.54) is 42.7 Å². The number of rotatable bonds is 9. The molecular weight excluding hydrogens is 454 g/mol. The Balaban J connectivity index is 1.06. The minimum Gasteiger partial charge on any atom is -0.470 e. The summed E-state index contributed by atoms with van der Waals surface area (Å²) in [4.78, 5) is 26.2. The van der Waals surface area contributed by atoms with Gasteiger partial charge in [0.1, 0.15) is 0 Å². The summed E-state index contributed by atoms with van der Waals surface area (Å²) in [6.07, 6.45) is 9.65. The molecule has 2 aromatic heterocycles. The van der Waals surface area contributed by atoms with E-state index in [1.54, 1.807) is 17.5 Å². The lowest BCUT2D eigenvalue weighted by atomic mass is 9.78. The molecule has 1 saturated carbocycles. The molecule has 1 aromatic carbocycles. The van der Waals surface area contributed by atoms with Crippen molar-refractivity contribution in [2.75, 3.05) is 19.7 Å². The van der Waals surface area contributed by atoms with Gasteiger partial charge < -0.3 is 4.74 Å². The fourth-order valence-electron chi connectivity index (χ4n) is 5.53. The topological polar surface area (TPSA) is 55.3 Å². The first kappa shape index (κ1) is 24.4. The van der Waals surface area contributed by atoms with E-state index in [-0.39, 0.29) is 5.78 Å². The molecule has 0 spiro atoms. The molecule has 0 atom stereocenters. The molecule has 2 aliphatic rings. The summed E-state index contributed by atoms with van der Waals surface area (Å²) in [5.74, 6) is 2.10. The van der Waals surface area contributed by atoms with Gasteiger partial charge in [0.15, 0.2) is 5.78 Å². The number of carbonyl (C=O) groups is 1. The molecule has 6 heteroatoms. The van der Waals surface area contributed by atoms with Crippen LogP contribution in [0.4, 0.5) is 0 Å². The van der Waals surface area contributed by atoms with Crippen molar-refractivity contribution in [1.29, 1.82) is 0 Å². The number of aromatic nitrogens is 2. The average Bonchev–Trinajstić information content (AvgIpc) is 3.29. The zero-order chi connectivity index (χ0) is 24.2. The van der Waals surface area contributed by atoms with E-state index in [2.05, 4.69) is 23.7 Å². The molecule has 0 amide bonds. The number of hydrogen-bond donors (Lipinski definition) is 0. The van der Waals surface area contributed by atoms with E-state index in [4.69, 9.17) is 9.72 Å². The molecule has 0 saturated heterocycles. The molecule has 1 fully saturated rings. The van der Waals surface area contributed by atoms with Gasteiger partial charge in [0, 0.05) is 41.5 Å². The van der Waals surface area contributed by atoms with Gasteiger partial charge in [-0.1, -0.05) is 56.2 Å². The molecule has 1 aliphatic carbocycles. The molecule has 35 heavy (non-hydrogen) atoms. The maximum absolute atomic E-state index is 13.1. The van der Waals surface area contributed by atoms with Crippen LogP contribution in [0.25, 0.3) is 10.9 Å². The second-order valence-corrected chi connectivity index (χ2v) is 11.8. The van der Waals surface area contributed by atoms with Crippen molar-refractivity contribution in [2.45, 2.75) is 65.3 Å². The zero-order valence-corrected chi connectivity index (χ0v) is 21.9. The number of Topliss-reactive ketones (excluding diaryl/α,β-unsaturated/α-hetero) is 1. The lowest BCUT2D eigenvalue weighted by molar-refractivity contribution is 0.0941. The van der Waals surface area contributed by atoms with Crippen molar-refractivity contribution in [3.8, 4) is 5.19 Å². The van der Waals surface area contributed by atoms with Gasteiger partial charge in [0.2, 0.25) is 0 Å². The van der Waals surface area contributed by atoms with Gasteiger partial charge in [-0.3, -0.25) is 14.7 Å². The van der Waals surface area contributed by atoms with E-state index in [0.29, 0.717) is 18.3 Å². The quantitative estimate of drug-likeness (QED) is 0.318. The second kappa shape index (κ2) is 11.2. The zero-order valence-electron chi connectivity index (χ0n) is 21.0. The van der Waals surface area contributed by atoms with Crippen LogP contribution in [-0.2, 0) is 13.0 Å². The summed E-state index contributed by atoms with van der Waals surface area (Å²) in [5.41, 5.74) is 2.97. The first-order valence-corrected chi connectivity index (χ1v) is 14.1. The molecule has 0 radical (unpaired) electrons. The number of carbonyl (C=O) groups excluding carboxylic acids is 1. The number of fused-ring (bicyclic) bond motifs is 2. The number of benzene rings is 1. The number of thiazole rings is 1. The van der Waals surface area contributed by atoms with Crippen molar-refractivity contribution in [2.24, 2.45) is 17.8 Å². The highest BCUT2D eigenvalue weighted by Crippen LogP contribution is 2.35. The van der Waals surface area contributed by atoms with E-state index in [0.717, 1.165) is 60.2 Å². The lowest BCUT2D eigenvalue weighted by Crippen LogP contribution is -2.32. The molecular formula is C29H37N3O2S. The Morgan fingerprint density at radius 1 is 1.14 bits per heavy atom. The Labute approximate surface area is 212 Å². The standard InChI is InChI=1S/C29H37N3O2S/c1-20(2)19-34-29-31-26-18-32(16-13-28(26)35-29)15-12-21-8-10-22(11-9-21)17-27(33)24-5-3-7-25-23(24)6-4-14-30-25/h3-7,14,20-22H,8-13,15-19H2,1-2H3. The van der Waals surface area contributed by atoms with Crippen LogP contribution >= 0.6 is 11.3 Å². The van der Waals surface area contributed by atoms with Crippen molar-refractivity contribution < 1.29 is 9.53 Å². The van der Waals surface area contributed by atoms with Gasteiger partial charge >= 0.3 is 0 Å². The normalized spacial score (nSPS) is 20.8. The van der Waals surface area contributed by atoms with Gasteiger partial charge in [0.05, 0.1) is 17.8 Å². The van der Waals surface area contributed by atoms with Gasteiger partial charge in [-0.15, -0.1) is 0 Å². The Kier molecular flexibility index (Phi) is 7.78. The van der Waals surface area contributed by atoms with E-state index < -0.39 is 0 Å². The highest BCUT2D eigenvalue weighted by atomic mass is 32.1. The summed E-state index contributed by atoms with van der Waals surface area (Å²) < 4.78 is 5.86. The van der Waals surface area contributed by atoms with Crippen LogP contribution in [0, 0.1) is 17.8 Å². The molecule has 0 bridgehead atoms. The third-order valence-electron chi connectivity index (χ3n) is 7.57. The number of hydrogen-bond acceptors (Lipinski definition) is 6. The molecule has 5 rings (SSSR count). The molecule has 0 N–H and O–H groups in total. The summed E-state index contributed by atoms with van der Waals surface area (Å²) in [7, 11) is 0. The number of nitrogens with zero attached hydrogens (tertiary/aromatic N) is 3. The molecule has 5 nitrogen and oxygen atoms in total. The SMILES string of the molecule is CC(C)COc1nc2c(s1)CCN(CCC1CCC(CC(=O)c3cccc4ncccc34)CC1)C2. The van der Waals surface area contributed by atoms with Crippen LogP contribution in [0.5, 0.6) is 5.19 Å². The fraction of sp³-hybridized carbons (Fsp3) is 0.552. The van der Waals surface area contributed by atoms with Crippen LogP contribution < -0.4 is 4.74 Å². The number of ketones is 1. The van der Waals surface area contributed by atoms with Crippen LogP contribution in [0.2, 0.25) is 0 Å². The molecule has 0 unspecified atom stereocenters. The smallest absolute Gasteiger partial charge is 0.273 e. The third-order valence-corrected chi connectivity index (χ3v) is 8.64. The maximum Gasteiger partial charge on any atom is 0.273 e. The Bertz CT molecular complexity index is 1140. The van der Waals surface area contributed by atoms with Crippen molar-refractivity contribution in [1.82, 2.24) is 14.9 Å². The Hall–Kier alpha value is -2.31. The highest BCUT2D eigenvalue weighted by Gasteiger charge is 2.26. The summed E-state index contributed by atoms with van der Waals surface area (Å²) in [6, 6.07) is 9.83. The predicted octanol–water partition coefficient (Wildman–Crippen LogP) is 6.55. The highest BCUT2D eigenvalue weighted by molar-refractivity contribution is 7.13. The summed E-state index contributed by atoms with van der Waals surface area (Å²) in [5, 5.41) is 1.83. The largest absolute Gasteiger partial charge is 0.470 e. The van der Waals surface area contributed by atoms with Crippen molar-refractivity contribution >= 4 is 28.0 Å². The summed E-state index contributed by atoms with van der Waals surface area (Å²) in [6.45, 7) is 8.32. The molecule has 3 aromatic rings.